The van der Waals surface area contributed by atoms with Gasteiger partial charge in [0.05, 0.1) is 20.9 Å². The second-order valence-corrected chi connectivity index (χ2v) is 7.13. The fourth-order valence-corrected chi connectivity index (χ4v) is 3.58. The Bertz CT molecular complexity index is 1040. The van der Waals surface area contributed by atoms with Crippen LogP contribution < -0.4 is 10.6 Å². The first-order chi connectivity index (χ1) is 12.7. The van der Waals surface area contributed by atoms with Crippen molar-refractivity contribution in [2.24, 2.45) is 0 Å². The van der Waals surface area contributed by atoms with Crippen molar-refractivity contribution in [2.75, 3.05) is 17.2 Å². The van der Waals surface area contributed by atoms with Gasteiger partial charge >= 0.3 is 0 Å². The summed E-state index contributed by atoms with van der Waals surface area (Å²) in [5.41, 5.74) is 3.90. The summed E-state index contributed by atoms with van der Waals surface area (Å²) in [6.45, 7) is 4.82. The molecule has 0 aliphatic rings. The maximum atomic E-state index is 4.62. The molecular formula is C20H19N5S. The first kappa shape index (κ1) is 16.5. The molecule has 2 aromatic carbocycles. The molecule has 0 bridgehead atoms. The predicted octanol–water partition coefficient (Wildman–Crippen LogP) is 5.24. The molecule has 0 saturated carbocycles. The van der Waals surface area contributed by atoms with E-state index in [4.69, 9.17) is 0 Å². The molecule has 5 nitrogen and oxygen atoms in total. The summed E-state index contributed by atoms with van der Waals surface area (Å²) in [7, 11) is 0. The maximum Gasteiger partial charge on any atom is 0.225 e. The maximum absolute atomic E-state index is 4.62. The normalized spacial score (nSPS) is 10.8. The largest absolute Gasteiger partial charge is 0.354 e. The van der Waals surface area contributed by atoms with Crippen molar-refractivity contribution in [3.05, 3.63) is 59.6 Å². The van der Waals surface area contributed by atoms with Crippen LogP contribution in [0.2, 0.25) is 0 Å². The van der Waals surface area contributed by atoms with E-state index in [0.29, 0.717) is 5.95 Å². The molecule has 2 heterocycles. The van der Waals surface area contributed by atoms with Crippen molar-refractivity contribution < 1.29 is 0 Å². The molecular weight excluding hydrogens is 342 g/mol. The standard InChI is InChI=1S/C20H19N5S/c1-3-21-20-24-16(14-7-5-4-6-8-14)12-19(25-20)23-15-9-10-18-17(11-15)22-13(2)26-18/h4-12H,3H2,1-2H3,(H2,21,23,24,25). The van der Waals surface area contributed by atoms with E-state index in [2.05, 4.69) is 43.8 Å². The molecule has 0 radical (unpaired) electrons. The van der Waals surface area contributed by atoms with Crippen LogP contribution >= 0.6 is 11.3 Å². The summed E-state index contributed by atoms with van der Waals surface area (Å²) in [6.07, 6.45) is 0. The summed E-state index contributed by atoms with van der Waals surface area (Å²) >= 11 is 1.70. The third kappa shape index (κ3) is 3.50. The van der Waals surface area contributed by atoms with Crippen LogP contribution in [-0.4, -0.2) is 21.5 Å². The Morgan fingerprint density at radius 1 is 0.962 bits per heavy atom. The third-order valence-electron chi connectivity index (χ3n) is 3.90. The highest BCUT2D eigenvalue weighted by atomic mass is 32.1. The molecule has 0 saturated heterocycles. The molecule has 0 aliphatic carbocycles. The van der Waals surface area contributed by atoms with Gasteiger partial charge in [-0.3, -0.25) is 0 Å². The molecule has 0 aliphatic heterocycles. The molecule has 2 aromatic heterocycles. The number of anilines is 3. The molecule has 0 spiro atoms. The van der Waals surface area contributed by atoms with E-state index in [1.165, 1.54) is 4.70 Å². The summed E-state index contributed by atoms with van der Waals surface area (Å²) in [5, 5.41) is 7.66. The highest BCUT2D eigenvalue weighted by molar-refractivity contribution is 7.18. The van der Waals surface area contributed by atoms with E-state index in [1.807, 2.05) is 50.2 Å². The number of rotatable bonds is 5. The fraction of sp³-hybridized carbons (Fsp3) is 0.150. The molecule has 0 amide bonds. The minimum Gasteiger partial charge on any atom is -0.354 e. The van der Waals surface area contributed by atoms with E-state index >= 15 is 0 Å². The Morgan fingerprint density at radius 2 is 1.81 bits per heavy atom. The van der Waals surface area contributed by atoms with E-state index in [-0.39, 0.29) is 0 Å². The van der Waals surface area contributed by atoms with Gasteiger partial charge in [-0.1, -0.05) is 30.3 Å². The smallest absolute Gasteiger partial charge is 0.225 e. The zero-order valence-corrected chi connectivity index (χ0v) is 15.5. The van der Waals surface area contributed by atoms with Gasteiger partial charge in [0, 0.05) is 23.9 Å². The van der Waals surface area contributed by atoms with Crippen molar-refractivity contribution in [3.63, 3.8) is 0 Å². The zero-order valence-electron chi connectivity index (χ0n) is 14.7. The van der Waals surface area contributed by atoms with Crippen molar-refractivity contribution in [2.45, 2.75) is 13.8 Å². The van der Waals surface area contributed by atoms with E-state index in [9.17, 15) is 0 Å². The highest BCUT2D eigenvalue weighted by Gasteiger charge is 2.08. The number of nitrogens with one attached hydrogen (secondary N) is 2. The first-order valence-electron chi connectivity index (χ1n) is 8.54. The Labute approximate surface area is 156 Å². The topological polar surface area (TPSA) is 62.7 Å². The lowest BCUT2D eigenvalue weighted by molar-refractivity contribution is 1.09. The average Bonchev–Trinajstić information content (AvgIpc) is 3.02. The van der Waals surface area contributed by atoms with Gasteiger partial charge in [0.15, 0.2) is 0 Å². The van der Waals surface area contributed by atoms with E-state index in [0.717, 1.165) is 39.8 Å². The van der Waals surface area contributed by atoms with Gasteiger partial charge in [0.2, 0.25) is 5.95 Å². The number of thiazole rings is 1. The zero-order chi connectivity index (χ0) is 17.9. The molecule has 6 heteroatoms. The van der Waals surface area contributed by atoms with Crippen molar-refractivity contribution in [1.82, 2.24) is 15.0 Å². The average molecular weight is 361 g/mol. The summed E-state index contributed by atoms with van der Waals surface area (Å²) in [4.78, 5) is 13.8. The van der Waals surface area contributed by atoms with Gasteiger partial charge in [0.1, 0.15) is 5.82 Å². The summed E-state index contributed by atoms with van der Waals surface area (Å²) in [5.74, 6) is 1.36. The van der Waals surface area contributed by atoms with Crippen LogP contribution in [0.15, 0.2) is 54.6 Å². The lowest BCUT2D eigenvalue weighted by Gasteiger charge is -2.11. The minimum absolute atomic E-state index is 0.613. The second-order valence-electron chi connectivity index (χ2n) is 5.90. The summed E-state index contributed by atoms with van der Waals surface area (Å²) in [6, 6.07) is 18.3. The highest BCUT2D eigenvalue weighted by Crippen LogP contribution is 2.27. The molecule has 130 valence electrons. The van der Waals surface area contributed by atoms with Gasteiger partial charge in [-0.2, -0.15) is 4.98 Å². The third-order valence-corrected chi connectivity index (χ3v) is 4.85. The number of nitrogens with zero attached hydrogens (tertiary/aromatic N) is 3. The van der Waals surface area contributed by atoms with Gasteiger partial charge in [-0.05, 0) is 32.0 Å². The Hall–Kier alpha value is -2.99. The summed E-state index contributed by atoms with van der Waals surface area (Å²) < 4.78 is 1.19. The Morgan fingerprint density at radius 3 is 2.62 bits per heavy atom. The number of fused-ring (bicyclic) bond motifs is 1. The Balaban J connectivity index is 1.70. The molecule has 0 fully saturated rings. The van der Waals surface area contributed by atoms with Crippen LogP contribution in [0.4, 0.5) is 17.5 Å². The fourth-order valence-electron chi connectivity index (χ4n) is 2.77. The molecule has 0 atom stereocenters. The van der Waals surface area contributed by atoms with Crippen LogP contribution in [0, 0.1) is 6.92 Å². The lowest BCUT2D eigenvalue weighted by Crippen LogP contribution is -2.05. The molecule has 4 rings (SSSR count). The number of benzene rings is 2. The van der Waals surface area contributed by atoms with Crippen LogP contribution in [0.25, 0.3) is 21.5 Å². The quantitative estimate of drug-likeness (QED) is 0.509. The van der Waals surface area contributed by atoms with Crippen LogP contribution in [0.5, 0.6) is 0 Å². The predicted molar refractivity (Wildman–Crippen MR) is 109 cm³/mol. The lowest BCUT2D eigenvalue weighted by atomic mass is 10.1. The Kier molecular flexibility index (Phi) is 4.50. The first-order valence-corrected chi connectivity index (χ1v) is 9.35. The van der Waals surface area contributed by atoms with E-state index < -0.39 is 0 Å². The van der Waals surface area contributed by atoms with Crippen LogP contribution in [0.3, 0.4) is 0 Å². The van der Waals surface area contributed by atoms with Crippen LogP contribution in [-0.2, 0) is 0 Å². The van der Waals surface area contributed by atoms with Gasteiger partial charge in [-0.15, -0.1) is 11.3 Å². The van der Waals surface area contributed by atoms with Crippen molar-refractivity contribution in [3.8, 4) is 11.3 Å². The van der Waals surface area contributed by atoms with Crippen LogP contribution in [0.1, 0.15) is 11.9 Å². The molecule has 4 aromatic rings. The minimum atomic E-state index is 0.613. The van der Waals surface area contributed by atoms with Crippen molar-refractivity contribution in [1.29, 1.82) is 0 Å². The number of hydrogen-bond acceptors (Lipinski definition) is 6. The molecule has 26 heavy (non-hydrogen) atoms. The second kappa shape index (κ2) is 7.09. The van der Waals surface area contributed by atoms with E-state index in [1.54, 1.807) is 11.3 Å². The van der Waals surface area contributed by atoms with Crippen molar-refractivity contribution >= 4 is 39.0 Å². The monoisotopic (exact) mass is 361 g/mol. The SMILES string of the molecule is CCNc1nc(Nc2ccc3sc(C)nc3c2)cc(-c2ccccc2)n1. The number of hydrogen-bond donors (Lipinski definition) is 2. The van der Waals surface area contributed by atoms with Gasteiger partial charge < -0.3 is 10.6 Å². The molecule has 0 unspecified atom stereocenters. The molecule has 2 N–H and O–H groups in total. The van der Waals surface area contributed by atoms with Gasteiger partial charge in [0.25, 0.3) is 0 Å². The van der Waals surface area contributed by atoms with Gasteiger partial charge in [-0.25, -0.2) is 9.97 Å². The number of aromatic nitrogens is 3. The number of aryl methyl sites for hydroxylation is 1.